The van der Waals surface area contributed by atoms with Crippen LogP contribution in [0.15, 0.2) is 67.2 Å². The van der Waals surface area contributed by atoms with Crippen LogP contribution in [0.3, 0.4) is 0 Å². The first-order chi connectivity index (χ1) is 12.0. The molecule has 0 unspecified atom stereocenters. The van der Waals surface area contributed by atoms with Gasteiger partial charge in [-0.1, -0.05) is 37.9 Å². The maximum atomic E-state index is 12.5. The van der Waals surface area contributed by atoms with E-state index in [4.69, 9.17) is 0 Å². The second-order valence-corrected chi connectivity index (χ2v) is 8.09. The van der Waals surface area contributed by atoms with Crippen molar-refractivity contribution in [2.45, 2.75) is 10.6 Å². The molecule has 0 spiro atoms. The summed E-state index contributed by atoms with van der Waals surface area (Å²) in [6, 6.07) is 15.6. The van der Waals surface area contributed by atoms with Crippen molar-refractivity contribution in [3.8, 4) is 0 Å². The zero-order valence-corrected chi connectivity index (χ0v) is 17.2. The van der Waals surface area contributed by atoms with Gasteiger partial charge in [0.05, 0.1) is 0 Å². The Balaban J connectivity index is 1.75. The number of benzene rings is 2. The summed E-state index contributed by atoms with van der Waals surface area (Å²) in [6.07, 6.45) is 0. The molecule has 3 aromatic rings. The van der Waals surface area contributed by atoms with Crippen molar-refractivity contribution in [1.82, 2.24) is 14.8 Å². The molecule has 0 bridgehead atoms. The van der Waals surface area contributed by atoms with E-state index < -0.39 is 0 Å². The summed E-state index contributed by atoms with van der Waals surface area (Å²) < 4.78 is 3.44. The third-order valence-electron chi connectivity index (χ3n) is 3.40. The van der Waals surface area contributed by atoms with Crippen LogP contribution in [0.25, 0.3) is 0 Å². The van der Waals surface area contributed by atoms with E-state index in [-0.39, 0.29) is 5.56 Å². The lowest BCUT2D eigenvalue weighted by molar-refractivity contribution is 0.764. The molecule has 0 aliphatic heterocycles. The minimum absolute atomic E-state index is 0.155. The van der Waals surface area contributed by atoms with E-state index >= 15 is 0 Å². The molecule has 8 heteroatoms. The molecule has 128 valence electrons. The van der Waals surface area contributed by atoms with Gasteiger partial charge in [0.15, 0.2) is 0 Å². The molecule has 0 aliphatic carbocycles. The number of nitrogens with zero attached hydrogens (tertiary/aromatic N) is 3. The molecule has 0 saturated heterocycles. The van der Waals surface area contributed by atoms with Crippen molar-refractivity contribution in [2.24, 2.45) is 7.05 Å². The van der Waals surface area contributed by atoms with Crippen LogP contribution in [0.1, 0.15) is 5.69 Å². The highest BCUT2D eigenvalue weighted by Gasteiger charge is 2.10. The molecule has 1 N–H and O–H groups in total. The summed E-state index contributed by atoms with van der Waals surface area (Å²) in [7, 11) is 1.69. The van der Waals surface area contributed by atoms with E-state index in [1.807, 2.05) is 48.5 Å². The summed E-state index contributed by atoms with van der Waals surface area (Å²) in [5, 5.41) is 11.4. The van der Waals surface area contributed by atoms with Crippen molar-refractivity contribution in [2.75, 3.05) is 5.32 Å². The van der Waals surface area contributed by atoms with Gasteiger partial charge >= 0.3 is 0 Å². The Bertz CT molecular complexity index is 944. The average molecular weight is 482 g/mol. The van der Waals surface area contributed by atoms with Crippen LogP contribution in [0.4, 0.5) is 11.6 Å². The van der Waals surface area contributed by atoms with Gasteiger partial charge in [-0.25, -0.2) is 0 Å². The number of nitrogens with one attached hydrogen (secondary N) is 1. The highest BCUT2D eigenvalue weighted by Crippen LogP contribution is 2.23. The van der Waals surface area contributed by atoms with Gasteiger partial charge in [-0.15, -0.1) is 22.0 Å². The van der Waals surface area contributed by atoms with E-state index in [0.717, 1.165) is 19.5 Å². The Labute approximate surface area is 166 Å². The first kappa shape index (κ1) is 18.2. The third-order valence-corrected chi connectivity index (χ3v) is 5.45. The van der Waals surface area contributed by atoms with Gasteiger partial charge in [0, 0.05) is 32.3 Å². The van der Waals surface area contributed by atoms with Gasteiger partial charge in [0.1, 0.15) is 5.69 Å². The molecule has 0 atom stereocenters. The molecule has 0 saturated carbocycles. The van der Waals surface area contributed by atoms with E-state index in [0.29, 0.717) is 17.4 Å². The monoisotopic (exact) mass is 480 g/mol. The summed E-state index contributed by atoms with van der Waals surface area (Å²) >= 11 is 8.38. The van der Waals surface area contributed by atoms with Crippen LogP contribution in [-0.2, 0) is 12.8 Å². The third kappa shape index (κ3) is 4.71. The molecular weight excluding hydrogens is 468 g/mol. The lowest BCUT2D eigenvalue weighted by atomic mass is 10.3. The molecule has 0 amide bonds. The van der Waals surface area contributed by atoms with E-state index in [9.17, 15) is 4.79 Å². The van der Waals surface area contributed by atoms with Crippen LogP contribution in [0, 0.1) is 0 Å². The maximum absolute atomic E-state index is 12.5. The molecule has 1 aromatic heterocycles. The molecule has 1 heterocycles. The number of hydrogen-bond donors (Lipinski definition) is 1. The quantitative estimate of drug-likeness (QED) is 0.533. The molecule has 0 radical (unpaired) electrons. The highest BCUT2D eigenvalue weighted by atomic mass is 79.9. The van der Waals surface area contributed by atoms with E-state index in [1.54, 1.807) is 18.8 Å². The number of rotatable bonds is 5. The molecule has 3 rings (SSSR count). The van der Waals surface area contributed by atoms with Crippen LogP contribution < -0.4 is 10.9 Å². The second kappa shape index (κ2) is 8.16. The van der Waals surface area contributed by atoms with Crippen molar-refractivity contribution < 1.29 is 0 Å². The van der Waals surface area contributed by atoms with Gasteiger partial charge in [0.25, 0.3) is 5.56 Å². The van der Waals surface area contributed by atoms with Crippen LogP contribution in [-0.4, -0.2) is 14.8 Å². The summed E-state index contributed by atoms with van der Waals surface area (Å²) in [6.45, 7) is 0. The van der Waals surface area contributed by atoms with E-state index in [2.05, 4.69) is 47.4 Å². The normalized spacial score (nSPS) is 10.7. The molecular formula is C17H14Br2N4OS. The van der Waals surface area contributed by atoms with Crippen LogP contribution in [0.5, 0.6) is 0 Å². The minimum atomic E-state index is -0.155. The zero-order valence-electron chi connectivity index (χ0n) is 13.2. The Morgan fingerprint density at radius 3 is 2.56 bits per heavy atom. The predicted octanol–water partition coefficient (Wildman–Crippen LogP) is 4.74. The smallest absolute Gasteiger partial charge is 0.277 e. The van der Waals surface area contributed by atoms with E-state index in [1.165, 1.54) is 4.57 Å². The number of hydrogen-bond acceptors (Lipinski definition) is 5. The average Bonchev–Trinajstić information content (AvgIpc) is 2.60. The standard InChI is InChI=1S/C17H14Br2N4OS/c1-23-16(24)15(10-25-14-7-5-11(18)6-8-14)21-22-17(23)20-13-4-2-3-12(19)9-13/h2-9H,10H2,1H3,(H,20,22). The Morgan fingerprint density at radius 1 is 1.08 bits per heavy atom. The summed E-state index contributed by atoms with van der Waals surface area (Å²) in [5.74, 6) is 0.874. The van der Waals surface area contributed by atoms with Gasteiger partial charge in [0.2, 0.25) is 5.95 Å². The largest absolute Gasteiger partial charge is 0.324 e. The van der Waals surface area contributed by atoms with Crippen molar-refractivity contribution >= 4 is 55.3 Å². The Hall–Kier alpha value is -1.64. The van der Waals surface area contributed by atoms with Crippen LogP contribution >= 0.6 is 43.6 Å². The second-order valence-electron chi connectivity index (χ2n) is 5.21. The fourth-order valence-electron chi connectivity index (χ4n) is 2.08. The minimum Gasteiger partial charge on any atom is -0.324 e. The van der Waals surface area contributed by atoms with Crippen molar-refractivity contribution in [3.05, 3.63) is 73.5 Å². The van der Waals surface area contributed by atoms with Crippen molar-refractivity contribution in [3.63, 3.8) is 0 Å². The number of thioether (sulfide) groups is 1. The van der Waals surface area contributed by atoms with Crippen LogP contribution in [0.2, 0.25) is 0 Å². The van der Waals surface area contributed by atoms with Crippen molar-refractivity contribution in [1.29, 1.82) is 0 Å². The first-order valence-corrected chi connectivity index (χ1v) is 9.93. The molecule has 25 heavy (non-hydrogen) atoms. The van der Waals surface area contributed by atoms with Gasteiger partial charge < -0.3 is 5.32 Å². The fraction of sp³-hybridized carbons (Fsp3) is 0.118. The SMILES string of the molecule is Cn1c(Nc2cccc(Br)c2)nnc(CSc2ccc(Br)cc2)c1=O. The topological polar surface area (TPSA) is 59.8 Å². The Kier molecular flexibility index (Phi) is 5.93. The number of aromatic nitrogens is 3. The van der Waals surface area contributed by atoms with Gasteiger partial charge in [-0.3, -0.25) is 9.36 Å². The fourth-order valence-corrected chi connectivity index (χ4v) is 3.56. The lowest BCUT2D eigenvalue weighted by Gasteiger charge is -2.10. The first-order valence-electron chi connectivity index (χ1n) is 7.36. The molecule has 0 fully saturated rings. The molecule has 2 aromatic carbocycles. The summed E-state index contributed by atoms with van der Waals surface area (Å²) in [5.41, 5.74) is 1.10. The maximum Gasteiger partial charge on any atom is 0.277 e. The van der Waals surface area contributed by atoms with Gasteiger partial charge in [-0.05, 0) is 42.5 Å². The lowest BCUT2D eigenvalue weighted by Crippen LogP contribution is -2.26. The molecule has 5 nitrogen and oxygen atoms in total. The predicted molar refractivity (Wildman–Crippen MR) is 108 cm³/mol. The highest BCUT2D eigenvalue weighted by molar-refractivity contribution is 9.10. The van der Waals surface area contributed by atoms with Gasteiger partial charge in [-0.2, -0.15) is 0 Å². The number of anilines is 2. The number of halogens is 2. The summed E-state index contributed by atoms with van der Waals surface area (Å²) in [4.78, 5) is 13.6. The Morgan fingerprint density at radius 2 is 1.84 bits per heavy atom. The molecule has 0 aliphatic rings. The zero-order chi connectivity index (χ0) is 17.8.